The molecule has 10 nitrogen and oxygen atoms in total. The summed E-state index contributed by atoms with van der Waals surface area (Å²) in [5.74, 6) is -0.0332. The fourth-order valence-electron chi connectivity index (χ4n) is 3.70. The number of aromatic nitrogens is 2. The number of fused-ring (bicyclic) bond motifs is 3. The molecule has 3 aromatic carbocycles. The van der Waals surface area contributed by atoms with Crippen LogP contribution in [0.15, 0.2) is 76.4 Å². The number of hydrogen-bond donors (Lipinski definition) is 0. The van der Waals surface area contributed by atoms with Crippen molar-refractivity contribution in [1.29, 1.82) is 0 Å². The molecule has 0 atom stereocenters. The van der Waals surface area contributed by atoms with Crippen molar-refractivity contribution in [3.63, 3.8) is 0 Å². The number of imidazole rings is 1. The first kappa shape index (κ1) is 23.5. The lowest BCUT2D eigenvalue weighted by Gasteiger charge is -2.12. The molecular weight excluding hydrogens is 506 g/mol. The summed E-state index contributed by atoms with van der Waals surface area (Å²) in [6.45, 7) is 1.92. The molecule has 0 bridgehead atoms. The second-order valence-electron chi connectivity index (χ2n) is 7.54. The van der Waals surface area contributed by atoms with Crippen LogP contribution in [0.1, 0.15) is 12.5 Å². The molecule has 0 amide bonds. The van der Waals surface area contributed by atoms with Crippen molar-refractivity contribution < 1.29 is 22.3 Å². The molecule has 0 spiro atoms. The number of nitro benzene ring substituents is 1. The Morgan fingerprint density at radius 1 is 1.08 bits per heavy atom. The topological polar surface area (TPSA) is 130 Å². The zero-order valence-corrected chi connectivity index (χ0v) is 20.3. The van der Waals surface area contributed by atoms with Crippen molar-refractivity contribution in [1.82, 2.24) is 9.38 Å². The van der Waals surface area contributed by atoms with Crippen LogP contribution in [0.25, 0.3) is 22.1 Å². The molecule has 5 rings (SSSR count). The van der Waals surface area contributed by atoms with Crippen molar-refractivity contribution in [3.05, 3.63) is 97.3 Å². The van der Waals surface area contributed by atoms with E-state index in [0.717, 1.165) is 17.6 Å². The molecule has 0 fully saturated rings. The maximum Gasteiger partial charge on any atom is 0.346 e. The van der Waals surface area contributed by atoms with Gasteiger partial charge in [0.1, 0.15) is 0 Å². The molecule has 2 heterocycles. The van der Waals surface area contributed by atoms with Crippen LogP contribution in [0.4, 0.5) is 5.69 Å². The highest BCUT2D eigenvalue weighted by Crippen LogP contribution is 2.33. The highest BCUT2D eigenvalue weighted by atomic mass is 32.2. The van der Waals surface area contributed by atoms with E-state index >= 15 is 0 Å². The van der Waals surface area contributed by atoms with Crippen molar-refractivity contribution in [2.24, 2.45) is 0 Å². The maximum atomic E-state index is 13.0. The quantitative estimate of drug-likeness (QED) is 0.180. The number of ether oxygens (including phenoxy) is 1. The lowest BCUT2D eigenvalue weighted by molar-refractivity contribution is -0.387. The SMILES string of the molecule is CCOc1cc(/C=c2\sc3nc4ccccc4n3c2=O)ccc1OS(=O)(=O)c1ccccc1[N+](=O)[O-]. The predicted octanol–water partition coefficient (Wildman–Crippen LogP) is 3.53. The number of para-hydroxylation sites is 3. The van der Waals surface area contributed by atoms with Crippen molar-refractivity contribution in [2.75, 3.05) is 6.61 Å². The maximum absolute atomic E-state index is 13.0. The summed E-state index contributed by atoms with van der Waals surface area (Å²) in [4.78, 5) is 28.0. The summed E-state index contributed by atoms with van der Waals surface area (Å²) < 4.78 is 38.5. The van der Waals surface area contributed by atoms with E-state index in [-0.39, 0.29) is 23.7 Å². The molecule has 0 aliphatic rings. The number of benzene rings is 3. The van der Waals surface area contributed by atoms with E-state index in [0.29, 0.717) is 20.6 Å². The molecule has 2 aromatic heterocycles. The van der Waals surface area contributed by atoms with Crippen LogP contribution in [-0.4, -0.2) is 29.3 Å². The summed E-state index contributed by atoms with van der Waals surface area (Å²) in [5.41, 5.74) is 1.19. The van der Waals surface area contributed by atoms with Crippen LogP contribution in [0.2, 0.25) is 0 Å². The van der Waals surface area contributed by atoms with Gasteiger partial charge in [0, 0.05) is 6.07 Å². The Labute approximate surface area is 207 Å². The Morgan fingerprint density at radius 2 is 1.83 bits per heavy atom. The summed E-state index contributed by atoms with van der Waals surface area (Å²) >= 11 is 1.23. The largest absolute Gasteiger partial charge is 0.490 e. The minimum atomic E-state index is -4.53. The third-order valence-electron chi connectivity index (χ3n) is 5.24. The van der Waals surface area contributed by atoms with Gasteiger partial charge >= 0.3 is 10.1 Å². The van der Waals surface area contributed by atoms with E-state index in [2.05, 4.69) is 4.98 Å². The average Bonchev–Trinajstić information content (AvgIpc) is 3.36. The first-order valence-electron chi connectivity index (χ1n) is 10.6. The number of thiazole rings is 1. The first-order valence-corrected chi connectivity index (χ1v) is 12.9. The van der Waals surface area contributed by atoms with Gasteiger partial charge in [-0.25, -0.2) is 9.38 Å². The molecule has 0 unspecified atom stereocenters. The second-order valence-corrected chi connectivity index (χ2v) is 10.1. The van der Waals surface area contributed by atoms with Crippen LogP contribution in [0, 0.1) is 10.1 Å². The third kappa shape index (κ3) is 4.16. The van der Waals surface area contributed by atoms with Gasteiger partial charge in [-0.15, -0.1) is 0 Å². The Hall–Kier alpha value is -4.29. The number of nitrogens with zero attached hydrogens (tertiary/aromatic N) is 3. The van der Waals surface area contributed by atoms with Crippen LogP contribution < -0.4 is 19.0 Å². The van der Waals surface area contributed by atoms with E-state index in [4.69, 9.17) is 8.92 Å². The highest BCUT2D eigenvalue weighted by molar-refractivity contribution is 7.87. The van der Waals surface area contributed by atoms with Gasteiger partial charge < -0.3 is 8.92 Å². The molecule has 0 radical (unpaired) electrons. The lowest BCUT2D eigenvalue weighted by Crippen LogP contribution is -2.22. The molecule has 0 saturated carbocycles. The van der Waals surface area contributed by atoms with E-state index in [1.165, 1.54) is 35.6 Å². The van der Waals surface area contributed by atoms with Gasteiger partial charge in [0.15, 0.2) is 21.4 Å². The molecule has 0 saturated heterocycles. The second kappa shape index (κ2) is 9.06. The minimum Gasteiger partial charge on any atom is -0.490 e. The Balaban J connectivity index is 1.55. The zero-order valence-electron chi connectivity index (χ0n) is 18.7. The van der Waals surface area contributed by atoms with Crippen molar-refractivity contribution >= 4 is 49.2 Å². The van der Waals surface area contributed by atoms with Crippen molar-refractivity contribution in [3.8, 4) is 11.5 Å². The summed E-state index contributed by atoms with van der Waals surface area (Å²) in [5, 5.41) is 11.3. The van der Waals surface area contributed by atoms with Crippen LogP contribution in [0.3, 0.4) is 0 Å². The smallest absolute Gasteiger partial charge is 0.346 e. The molecule has 0 aliphatic heterocycles. The highest BCUT2D eigenvalue weighted by Gasteiger charge is 2.28. The lowest BCUT2D eigenvalue weighted by atomic mass is 10.2. The van der Waals surface area contributed by atoms with Gasteiger partial charge in [0.2, 0.25) is 0 Å². The Bertz CT molecular complexity index is 1860. The first-order chi connectivity index (χ1) is 17.3. The third-order valence-corrected chi connectivity index (χ3v) is 7.49. The van der Waals surface area contributed by atoms with Gasteiger partial charge in [0.25, 0.3) is 11.2 Å². The average molecular weight is 524 g/mol. The van der Waals surface area contributed by atoms with E-state index < -0.39 is 25.6 Å². The fourth-order valence-corrected chi connectivity index (χ4v) is 5.79. The number of hydrogen-bond acceptors (Lipinski definition) is 9. The molecule has 0 N–H and O–H groups in total. The minimum absolute atomic E-state index is 0.104. The van der Waals surface area contributed by atoms with Gasteiger partial charge in [-0.2, -0.15) is 8.42 Å². The molecule has 0 aliphatic carbocycles. The predicted molar refractivity (Wildman–Crippen MR) is 134 cm³/mol. The van der Waals surface area contributed by atoms with E-state index in [1.54, 1.807) is 23.5 Å². The fraction of sp³-hybridized carbons (Fsp3) is 0.0833. The van der Waals surface area contributed by atoms with Crippen LogP contribution in [-0.2, 0) is 10.1 Å². The van der Waals surface area contributed by atoms with Gasteiger partial charge in [-0.3, -0.25) is 14.9 Å². The van der Waals surface area contributed by atoms with Crippen molar-refractivity contribution in [2.45, 2.75) is 11.8 Å². The Morgan fingerprint density at radius 3 is 2.61 bits per heavy atom. The van der Waals surface area contributed by atoms with Gasteiger partial charge in [-0.05, 0) is 48.9 Å². The standard InChI is InChI=1S/C24H17N3O7S2/c1-2-33-20-13-15(14-21-23(28)26-17-8-4-3-7-16(17)25-24(26)35-21)11-12-19(20)34-36(31,32)22-10-6-5-9-18(22)27(29)30/h3-14H,2H2,1H3/b21-14-. The van der Waals surface area contributed by atoms with Crippen LogP contribution >= 0.6 is 11.3 Å². The monoisotopic (exact) mass is 523 g/mol. The molecule has 182 valence electrons. The Kier molecular flexibility index (Phi) is 5.90. The molecular formula is C24H17N3O7S2. The van der Waals surface area contributed by atoms with E-state index in [9.17, 15) is 23.3 Å². The zero-order chi connectivity index (χ0) is 25.4. The van der Waals surface area contributed by atoms with Crippen LogP contribution in [0.5, 0.6) is 11.5 Å². The normalized spacial score (nSPS) is 12.3. The van der Waals surface area contributed by atoms with Gasteiger partial charge in [-0.1, -0.05) is 41.7 Å². The summed E-state index contributed by atoms with van der Waals surface area (Å²) in [7, 11) is -4.53. The summed E-state index contributed by atoms with van der Waals surface area (Å²) in [6, 6.07) is 16.7. The van der Waals surface area contributed by atoms with E-state index in [1.807, 2.05) is 24.3 Å². The molecule has 12 heteroatoms. The summed E-state index contributed by atoms with van der Waals surface area (Å²) in [6.07, 6.45) is 1.65. The number of rotatable bonds is 7. The molecule has 5 aromatic rings. The van der Waals surface area contributed by atoms with Gasteiger partial charge in [0.05, 0.1) is 27.1 Å². The number of nitro groups is 1. The molecule has 36 heavy (non-hydrogen) atoms.